The van der Waals surface area contributed by atoms with Crippen LogP contribution in [0.25, 0.3) is 0 Å². The molecule has 33 heavy (non-hydrogen) atoms. The van der Waals surface area contributed by atoms with Crippen LogP contribution in [0.15, 0.2) is 0 Å². The Bertz CT molecular complexity index is 687. The predicted octanol–water partition coefficient (Wildman–Crippen LogP) is -2.68. The number of nitrogens with one attached hydrogen (secondary N) is 3. The average molecular weight is 463 g/mol. The van der Waals surface area contributed by atoms with Crippen molar-refractivity contribution in [3.63, 3.8) is 0 Å². The van der Waals surface area contributed by atoms with Crippen LogP contribution in [0, 0.1) is 0 Å². The van der Waals surface area contributed by atoms with Crippen molar-refractivity contribution in [2.45, 2.75) is 56.7 Å². The molecule has 0 aromatic heterocycles. The summed E-state index contributed by atoms with van der Waals surface area (Å²) < 4.78 is 0. The molecule has 0 saturated carbocycles. The normalized spacial score (nSPS) is 30.2. The topological polar surface area (TPSA) is 148 Å². The van der Waals surface area contributed by atoms with E-state index >= 15 is 0 Å². The van der Waals surface area contributed by atoms with Crippen LogP contribution in [-0.2, 0) is 28.8 Å². The van der Waals surface area contributed by atoms with E-state index in [0.717, 1.165) is 0 Å². The first kappa shape index (κ1) is 23.0. The Morgan fingerprint density at radius 1 is 0.485 bits per heavy atom. The molecule has 0 spiro atoms. The molecule has 3 N–H and O–H groups in total. The molecule has 0 aromatic carbocycles. The van der Waals surface area contributed by atoms with E-state index in [9.17, 15) is 28.8 Å². The van der Waals surface area contributed by atoms with Gasteiger partial charge in [-0.05, 0) is 38.5 Å². The third-order valence-electron chi connectivity index (χ3n) is 6.87. The summed E-state index contributed by atoms with van der Waals surface area (Å²) in [4.78, 5) is 80.5. The van der Waals surface area contributed by atoms with Gasteiger partial charge in [-0.25, -0.2) is 0 Å². The molecule has 4 aliphatic heterocycles. The van der Waals surface area contributed by atoms with Crippen LogP contribution in [0.5, 0.6) is 0 Å². The number of carbonyl (C=O) groups excluding carboxylic acids is 6. The zero-order valence-corrected chi connectivity index (χ0v) is 18.5. The molecule has 12 heteroatoms. The van der Waals surface area contributed by atoms with E-state index in [1.54, 1.807) is 0 Å². The third kappa shape index (κ3) is 4.79. The summed E-state index contributed by atoms with van der Waals surface area (Å²) in [5.74, 6) is -2.40. The maximum absolute atomic E-state index is 12.7. The molecule has 6 amide bonds. The fraction of sp³-hybridized carbons (Fsp3) is 0.714. The summed E-state index contributed by atoms with van der Waals surface area (Å²) in [6, 6.07) is -2.12. The van der Waals surface area contributed by atoms with Gasteiger partial charge in [-0.15, -0.1) is 0 Å². The number of amides is 6. The van der Waals surface area contributed by atoms with Crippen molar-refractivity contribution in [3.05, 3.63) is 0 Å². The Labute approximate surface area is 191 Å². The van der Waals surface area contributed by atoms with Crippen LogP contribution in [-0.4, -0.2) is 108 Å². The van der Waals surface area contributed by atoms with E-state index in [1.165, 1.54) is 14.7 Å². The van der Waals surface area contributed by atoms with Gasteiger partial charge in [0.15, 0.2) is 0 Å². The van der Waals surface area contributed by atoms with Gasteiger partial charge in [-0.1, -0.05) is 0 Å². The Morgan fingerprint density at radius 2 is 0.758 bits per heavy atom. The summed E-state index contributed by atoms with van der Waals surface area (Å²) in [7, 11) is 0. The van der Waals surface area contributed by atoms with Gasteiger partial charge in [0.05, 0.1) is 19.6 Å². The van der Waals surface area contributed by atoms with E-state index < -0.39 is 35.8 Å². The van der Waals surface area contributed by atoms with Crippen LogP contribution >= 0.6 is 0 Å². The highest BCUT2D eigenvalue weighted by Crippen LogP contribution is 2.20. The van der Waals surface area contributed by atoms with Gasteiger partial charge in [0, 0.05) is 19.6 Å². The van der Waals surface area contributed by atoms with Gasteiger partial charge in [-0.2, -0.15) is 0 Å². The molecule has 0 aliphatic carbocycles. The Morgan fingerprint density at radius 3 is 1.03 bits per heavy atom. The van der Waals surface area contributed by atoms with Crippen molar-refractivity contribution in [2.75, 3.05) is 39.3 Å². The Balaban J connectivity index is 1.53. The second-order valence-corrected chi connectivity index (χ2v) is 8.89. The van der Waals surface area contributed by atoms with Crippen LogP contribution in [0.1, 0.15) is 38.5 Å². The van der Waals surface area contributed by atoms with Gasteiger partial charge >= 0.3 is 0 Å². The molecule has 3 atom stereocenters. The predicted molar refractivity (Wildman–Crippen MR) is 113 cm³/mol. The van der Waals surface area contributed by atoms with Crippen LogP contribution in [0.3, 0.4) is 0 Å². The van der Waals surface area contributed by atoms with E-state index in [0.29, 0.717) is 58.2 Å². The second kappa shape index (κ2) is 9.75. The van der Waals surface area contributed by atoms with Crippen molar-refractivity contribution in [1.82, 2.24) is 30.7 Å². The first-order valence-electron chi connectivity index (χ1n) is 11.6. The average Bonchev–Trinajstić information content (AvgIpc) is 3.57. The minimum atomic E-state index is -0.705. The number of carbonyl (C=O) groups is 6. The van der Waals surface area contributed by atoms with Gasteiger partial charge in [-0.3, -0.25) is 28.8 Å². The lowest BCUT2D eigenvalue weighted by Crippen LogP contribution is -2.55. The molecular formula is C21H30N6O6. The van der Waals surface area contributed by atoms with Crippen molar-refractivity contribution >= 4 is 35.4 Å². The third-order valence-corrected chi connectivity index (χ3v) is 6.87. The standard InChI is InChI=1S/C21H30N6O6/c28-16-10-23-20(32)14-5-2-9-27(14)18(30)12-24-21(33)15-6-3-8-26(15)17(29)11-22-19(31)13-4-1-7-25(13)16/h13-15H,1-12H2,(H,22,31)(H,23,32)(H,24,33)/t13-,14-,15?/m0/s1. The van der Waals surface area contributed by atoms with Crippen molar-refractivity contribution in [1.29, 1.82) is 0 Å². The van der Waals surface area contributed by atoms with Crippen LogP contribution in [0.4, 0.5) is 0 Å². The minimum Gasteiger partial charge on any atom is -0.345 e. The zero-order chi connectivity index (χ0) is 23.5. The maximum Gasteiger partial charge on any atom is 0.243 e. The molecule has 4 fully saturated rings. The fourth-order valence-electron chi connectivity index (χ4n) is 5.16. The van der Waals surface area contributed by atoms with Crippen molar-refractivity contribution in [3.8, 4) is 0 Å². The number of rotatable bonds is 0. The first-order chi connectivity index (χ1) is 15.9. The molecule has 4 aliphatic rings. The summed E-state index contributed by atoms with van der Waals surface area (Å²) in [5.41, 5.74) is 0. The molecule has 0 bridgehead atoms. The molecule has 1 unspecified atom stereocenters. The minimum absolute atomic E-state index is 0.272. The van der Waals surface area contributed by atoms with Gasteiger partial charge in [0.1, 0.15) is 18.1 Å². The molecule has 4 rings (SSSR count). The fourth-order valence-corrected chi connectivity index (χ4v) is 5.16. The van der Waals surface area contributed by atoms with Gasteiger partial charge in [0.25, 0.3) is 0 Å². The highest BCUT2D eigenvalue weighted by molar-refractivity contribution is 5.96. The molecule has 180 valence electrons. The lowest BCUT2D eigenvalue weighted by molar-refractivity contribution is -0.143. The highest BCUT2D eigenvalue weighted by atomic mass is 16.2. The smallest absolute Gasteiger partial charge is 0.243 e. The quantitative estimate of drug-likeness (QED) is 0.357. The summed E-state index contributed by atoms with van der Waals surface area (Å²) in [6.45, 7) is 0.361. The van der Waals surface area contributed by atoms with Gasteiger partial charge in [0.2, 0.25) is 35.4 Å². The Kier molecular flexibility index (Phi) is 6.80. The van der Waals surface area contributed by atoms with E-state index in [-0.39, 0.29) is 37.4 Å². The van der Waals surface area contributed by atoms with E-state index in [4.69, 9.17) is 0 Å². The first-order valence-corrected chi connectivity index (χ1v) is 11.6. The number of fused-ring (bicyclic) bond motifs is 3. The van der Waals surface area contributed by atoms with Crippen LogP contribution in [0.2, 0.25) is 0 Å². The van der Waals surface area contributed by atoms with Crippen molar-refractivity contribution < 1.29 is 28.8 Å². The van der Waals surface area contributed by atoms with E-state index in [1.807, 2.05) is 0 Å². The summed E-state index contributed by atoms with van der Waals surface area (Å²) >= 11 is 0. The lowest BCUT2D eigenvalue weighted by Gasteiger charge is -2.28. The number of nitrogens with zero attached hydrogens (tertiary/aromatic N) is 3. The molecule has 4 saturated heterocycles. The molecule has 4 heterocycles. The zero-order valence-electron chi connectivity index (χ0n) is 18.5. The summed E-state index contributed by atoms with van der Waals surface area (Å²) in [6.07, 6.45) is 3.35. The van der Waals surface area contributed by atoms with Crippen LogP contribution < -0.4 is 16.0 Å². The largest absolute Gasteiger partial charge is 0.345 e. The molecule has 12 nitrogen and oxygen atoms in total. The monoisotopic (exact) mass is 462 g/mol. The Hall–Kier alpha value is -3.18. The molecule has 0 aromatic rings. The molecular weight excluding hydrogens is 432 g/mol. The highest BCUT2D eigenvalue weighted by Gasteiger charge is 2.39. The second-order valence-electron chi connectivity index (χ2n) is 8.89. The van der Waals surface area contributed by atoms with Gasteiger partial charge < -0.3 is 30.7 Å². The SMILES string of the molecule is O=C1NCC(=O)N2CCC[C@H]2C(=O)NCC(=O)N2CCC[C@H]2C(=O)NCC(=O)N2CCCC12. The number of hydrogen-bond acceptors (Lipinski definition) is 6. The van der Waals surface area contributed by atoms with E-state index in [2.05, 4.69) is 16.0 Å². The maximum atomic E-state index is 12.7. The summed E-state index contributed by atoms with van der Waals surface area (Å²) in [5, 5.41) is 7.79. The number of hydrogen-bond donors (Lipinski definition) is 3. The lowest BCUT2D eigenvalue weighted by atomic mass is 10.2. The molecule has 0 radical (unpaired) electrons. The van der Waals surface area contributed by atoms with Crippen molar-refractivity contribution in [2.24, 2.45) is 0 Å².